The lowest BCUT2D eigenvalue weighted by Gasteiger charge is -2.32. The molecular weight excluding hydrogens is 231 g/mol. The summed E-state index contributed by atoms with van der Waals surface area (Å²) in [5.41, 5.74) is 0.817. The van der Waals surface area contributed by atoms with E-state index in [0.29, 0.717) is 29.9 Å². The fraction of sp³-hybridized carbons (Fsp3) is 0.429. The summed E-state index contributed by atoms with van der Waals surface area (Å²) in [7, 11) is 1.84. The first kappa shape index (κ1) is 12.6. The Morgan fingerprint density at radius 1 is 1.39 bits per heavy atom. The van der Waals surface area contributed by atoms with Gasteiger partial charge < -0.3 is 4.90 Å². The van der Waals surface area contributed by atoms with Crippen molar-refractivity contribution in [1.29, 1.82) is 5.26 Å². The van der Waals surface area contributed by atoms with Crippen LogP contribution in [0.15, 0.2) is 18.2 Å². The average molecular weight is 246 g/mol. The summed E-state index contributed by atoms with van der Waals surface area (Å²) in [5, 5.41) is 8.70. The average Bonchev–Trinajstić information content (AvgIpc) is 2.38. The van der Waals surface area contributed by atoms with Gasteiger partial charge in [-0.05, 0) is 31.0 Å². The Labute approximate surface area is 106 Å². The fourth-order valence-corrected chi connectivity index (χ4v) is 2.37. The van der Waals surface area contributed by atoms with Gasteiger partial charge in [0.25, 0.3) is 0 Å². The maximum atomic E-state index is 13.9. The summed E-state index contributed by atoms with van der Waals surface area (Å²) >= 11 is 0. The van der Waals surface area contributed by atoms with Gasteiger partial charge >= 0.3 is 0 Å². The first-order valence-corrected chi connectivity index (χ1v) is 6.06. The van der Waals surface area contributed by atoms with Crippen molar-refractivity contribution in [3.05, 3.63) is 29.6 Å². The third-order valence-electron chi connectivity index (χ3n) is 3.52. The molecule has 0 saturated heterocycles. The number of nitrogens with zero attached hydrogens (tertiary/aromatic N) is 2. The predicted octanol–water partition coefficient (Wildman–Crippen LogP) is 2.65. The zero-order valence-electron chi connectivity index (χ0n) is 10.3. The summed E-state index contributed by atoms with van der Waals surface area (Å²) in [6, 6.07) is 6.61. The molecule has 18 heavy (non-hydrogen) atoms. The van der Waals surface area contributed by atoms with Crippen molar-refractivity contribution in [2.75, 3.05) is 11.9 Å². The number of Topliss-reactive ketones (excluding diaryl/α,β-unsaturated/α-hetero) is 1. The molecular formula is C14H15FN2O. The van der Waals surface area contributed by atoms with E-state index in [1.807, 2.05) is 18.0 Å². The Kier molecular flexibility index (Phi) is 3.61. The Hall–Kier alpha value is -1.89. The summed E-state index contributed by atoms with van der Waals surface area (Å²) in [6.07, 6.45) is 2.70. The van der Waals surface area contributed by atoms with Crippen LogP contribution in [-0.2, 0) is 4.79 Å². The molecule has 1 aromatic carbocycles. The number of halogens is 1. The molecule has 0 aliphatic heterocycles. The second-order valence-corrected chi connectivity index (χ2v) is 4.66. The van der Waals surface area contributed by atoms with Crippen molar-refractivity contribution in [1.82, 2.24) is 0 Å². The molecule has 4 heteroatoms. The SMILES string of the molecule is CN(c1ccc(C#N)cc1F)C1CCC(=O)CC1. The zero-order chi connectivity index (χ0) is 13.1. The van der Waals surface area contributed by atoms with E-state index >= 15 is 0 Å². The van der Waals surface area contributed by atoms with E-state index in [1.165, 1.54) is 6.07 Å². The molecule has 0 amide bonds. The number of hydrogen-bond donors (Lipinski definition) is 0. The first-order chi connectivity index (χ1) is 8.61. The molecule has 94 valence electrons. The van der Waals surface area contributed by atoms with Crippen LogP contribution in [0.2, 0.25) is 0 Å². The van der Waals surface area contributed by atoms with Crippen molar-refractivity contribution in [3.8, 4) is 6.07 Å². The van der Waals surface area contributed by atoms with Crippen molar-refractivity contribution in [2.24, 2.45) is 0 Å². The van der Waals surface area contributed by atoms with E-state index in [1.54, 1.807) is 12.1 Å². The predicted molar refractivity (Wildman–Crippen MR) is 66.8 cm³/mol. The topological polar surface area (TPSA) is 44.1 Å². The van der Waals surface area contributed by atoms with Crippen molar-refractivity contribution >= 4 is 11.5 Å². The minimum atomic E-state index is -0.381. The van der Waals surface area contributed by atoms with Crippen LogP contribution in [0.4, 0.5) is 10.1 Å². The second kappa shape index (κ2) is 5.18. The van der Waals surface area contributed by atoms with Gasteiger partial charge in [0.05, 0.1) is 17.3 Å². The van der Waals surface area contributed by atoms with Crippen LogP contribution in [0.5, 0.6) is 0 Å². The fourth-order valence-electron chi connectivity index (χ4n) is 2.37. The molecule has 1 fully saturated rings. The van der Waals surface area contributed by atoms with Crippen LogP contribution in [0.25, 0.3) is 0 Å². The van der Waals surface area contributed by atoms with Gasteiger partial charge in [-0.3, -0.25) is 4.79 Å². The van der Waals surface area contributed by atoms with Crippen LogP contribution >= 0.6 is 0 Å². The number of hydrogen-bond acceptors (Lipinski definition) is 3. The molecule has 0 unspecified atom stereocenters. The number of benzene rings is 1. The first-order valence-electron chi connectivity index (χ1n) is 6.06. The molecule has 0 aromatic heterocycles. The van der Waals surface area contributed by atoms with Gasteiger partial charge in [0.2, 0.25) is 0 Å². The molecule has 3 nitrogen and oxygen atoms in total. The van der Waals surface area contributed by atoms with Crippen molar-refractivity contribution in [3.63, 3.8) is 0 Å². The molecule has 0 heterocycles. The highest BCUT2D eigenvalue weighted by Crippen LogP contribution is 2.27. The third kappa shape index (κ3) is 2.51. The van der Waals surface area contributed by atoms with Gasteiger partial charge in [-0.25, -0.2) is 4.39 Å². The molecule has 0 atom stereocenters. The second-order valence-electron chi connectivity index (χ2n) is 4.66. The van der Waals surface area contributed by atoms with Crippen LogP contribution in [0.3, 0.4) is 0 Å². The molecule has 1 aliphatic rings. The Balaban J connectivity index is 2.16. The number of ketones is 1. The molecule has 2 rings (SSSR count). The number of carbonyl (C=O) groups is 1. The highest BCUT2D eigenvalue weighted by molar-refractivity contribution is 5.79. The van der Waals surface area contributed by atoms with E-state index in [4.69, 9.17) is 5.26 Å². The summed E-state index contributed by atoms with van der Waals surface area (Å²) in [4.78, 5) is 13.1. The lowest BCUT2D eigenvalue weighted by molar-refractivity contribution is -0.120. The molecule has 0 bridgehead atoms. The van der Waals surface area contributed by atoms with Crippen molar-refractivity contribution < 1.29 is 9.18 Å². The lowest BCUT2D eigenvalue weighted by atomic mass is 9.93. The van der Waals surface area contributed by atoms with E-state index < -0.39 is 0 Å². The minimum absolute atomic E-state index is 0.199. The lowest BCUT2D eigenvalue weighted by Crippen LogP contribution is -2.35. The van der Waals surface area contributed by atoms with E-state index in [0.717, 1.165) is 12.8 Å². The molecule has 1 saturated carbocycles. The number of rotatable bonds is 2. The molecule has 0 N–H and O–H groups in total. The van der Waals surface area contributed by atoms with Crippen LogP contribution in [-0.4, -0.2) is 18.9 Å². The Morgan fingerprint density at radius 2 is 2.06 bits per heavy atom. The summed E-state index contributed by atoms with van der Waals surface area (Å²) < 4.78 is 13.9. The quantitative estimate of drug-likeness (QED) is 0.805. The number of anilines is 1. The van der Waals surface area contributed by atoms with E-state index in [-0.39, 0.29) is 11.9 Å². The molecule has 0 spiro atoms. The zero-order valence-corrected chi connectivity index (χ0v) is 10.3. The summed E-state index contributed by atoms with van der Waals surface area (Å²) in [6.45, 7) is 0. The van der Waals surface area contributed by atoms with E-state index in [2.05, 4.69) is 0 Å². The van der Waals surface area contributed by atoms with Crippen molar-refractivity contribution in [2.45, 2.75) is 31.7 Å². The van der Waals surface area contributed by atoms with Gasteiger partial charge in [-0.1, -0.05) is 0 Å². The Bertz CT molecular complexity index is 497. The van der Waals surface area contributed by atoms with Gasteiger partial charge in [0.1, 0.15) is 11.6 Å². The maximum Gasteiger partial charge on any atom is 0.147 e. The highest BCUT2D eigenvalue weighted by atomic mass is 19.1. The maximum absolute atomic E-state index is 13.9. The van der Waals surface area contributed by atoms with Crippen LogP contribution < -0.4 is 4.90 Å². The number of nitriles is 1. The minimum Gasteiger partial charge on any atom is -0.369 e. The monoisotopic (exact) mass is 246 g/mol. The van der Waals surface area contributed by atoms with Gasteiger partial charge in [0.15, 0.2) is 0 Å². The third-order valence-corrected chi connectivity index (χ3v) is 3.52. The standard InChI is InChI=1S/C14H15FN2O/c1-17(11-3-5-12(18)6-4-11)14-7-2-10(9-16)8-13(14)15/h2,7-8,11H,3-6H2,1H3. The highest BCUT2D eigenvalue weighted by Gasteiger charge is 2.23. The molecule has 1 aromatic rings. The largest absolute Gasteiger partial charge is 0.369 e. The van der Waals surface area contributed by atoms with Gasteiger partial charge in [0, 0.05) is 25.9 Å². The smallest absolute Gasteiger partial charge is 0.147 e. The normalized spacial score (nSPS) is 16.4. The Morgan fingerprint density at radius 3 is 2.61 bits per heavy atom. The van der Waals surface area contributed by atoms with Crippen LogP contribution in [0.1, 0.15) is 31.2 Å². The van der Waals surface area contributed by atoms with Gasteiger partial charge in [-0.2, -0.15) is 5.26 Å². The number of carbonyl (C=O) groups excluding carboxylic acids is 1. The van der Waals surface area contributed by atoms with E-state index in [9.17, 15) is 9.18 Å². The summed E-state index contributed by atoms with van der Waals surface area (Å²) in [5.74, 6) is -0.0894. The van der Waals surface area contributed by atoms with Gasteiger partial charge in [-0.15, -0.1) is 0 Å². The molecule has 1 aliphatic carbocycles. The van der Waals surface area contributed by atoms with Crippen LogP contribution in [0, 0.1) is 17.1 Å². The molecule has 0 radical (unpaired) electrons.